The van der Waals surface area contributed by atoms with Crippen molar-refractivity contribution in [1.82, 2.24) is 15.2 Å². The summed E-state index contributed by atoms with van der Waals surface area (Å²) in [4.78, 5) is 8.04. The third kappa shape index (κ3) is 14.6. The van der Waals surface area contributed by atoms with Crippen molar-refractivity contribution in [3.05, 3.63) is 544 Å². The van der Waals surface area contributed by atoms with Crippen molar-refractivity contribution in [1.29, 1.82) is 0 Å². The number of nitrogens with zero attached hydrogens (tertiary/aromatic N) is 3. The molecular formula is C137H125N3OS. The third-order valence-corrected chi connectivity index (χ3v) is 39.9. The number of aromatic nitrogens is 3. The van der Waals surface area contributed by atoms with Gasteiger partial charge in [0.2, 0.25) is 11.8 Å². The first-order chi connectivity index (χ1) is 69.5. The highest BCUT2D eigenvalue weighted by molar-refractivity contribution is 7.15. The maximum Gasteiger partial charge on any atom is 0.247 e. The molecule has 0 spiro atoms. The van der Waals surface area contributed by atoms with Crippen LogP contribution in [0.2, 0.25) is 0 Å². The van der Waals surface area contributed by atoms with Gasteiger partial charge in [0.1, 0.15) is 0 Å². The van der Waals surface area contributed by atoms with Gasteiger partial charge in [-0.15, -0.1) is 28.0 Å². The van der Waals surface area contributed by atoms with Crippen molar-refractivity contribution < 1.29 is 4.42 Å². The van der Waals surface area contributed by atoms with E-state index in [1.165, 1.54) is 163 Å². The van der Waals surface area contributed by atoms with E-state index in [-0.39, 0.29) is 86.6 Å². The SMILES string of the molecule is C#CC12CC3(c4ccccc4)CC(c4ccccc4)(C1)CC(c1ccccc1)(C2)C3.c1ccc(-c2ccc(C34CC5(c6ccccc6)CC(c6ccccc6)(CC(c6ccccc6)(C5)C3)C4)s2)cc1.c1ccc(-c2nnc(C34CC5(c6ccccc6)CC(c6ccccc6)(CC(c6ccccc6)(C5)C3)C4)o2)cc1.c1ccc(C23CC4(c5ccccc5)CC(c5ccccc5)(C2)CC(c2ccccn2)(C3)C4)cc1. The molecule has 16 aliphatic rings. The predicted molar refractivity (Wildman–Crippen MR) is 578 cm³/mol. The standard InChI is InChI=1S/C38H34S.C36H32N2O.C33H31N.C30H28/c1-5-13-29(14-6-1)33-21-22-34(39-33)38-26-35(30-15-7-2-8-16-30)23-36(27-38,31-17-9-3-10-18-31)25-37(24-35,28-38)32-19-11-4-12-20-32;1-5-13-27(14-6-1)31-37-38-32(39-31)36-24-33(28-15-7-2-8-16-28)21-34(25-36,29-17-9-3-10-18-29)23-35(22-33,26-36)30-19-11-4-12-20-30;1-4-12-26(13-5-1)30-20-31(27-14-6-2-7-15-27)22-32(21-30,28-16-8-3-9-17-28)25-33(23-30,24-31)29-18-10-11-19-34-29;1-2-27-18-28(24-12-6-3-7-13-24)21-29(19-27,25-14-8-4-9-15-25)23-30(20-27,22-28)26-16-10-5-11-17-26/h1-22H,23-28H2;1-20H,21-26H2;1-19H,20-25H2;1,3-17H,18-23H2. The topological polar surface area (TPSA) is 51.8 Å². The first-order valence-corrected chi connectivity index (χ1v) is 53.5. The van der Waals surface area contributed by atoms with Gasteiger partial charge in [0, 0.05) is 43.5 Å². The van der Waals surface area contributed by atoms with Crippen LogP contribution in [-0.4, -0.2) is 15.2 Å². The van der Waals surface area contributed by atoms with Gasteiger partial charge in [-0.2, -0.15) is 0 Å². The van der Waals surface area contributed by atoms with Gasteiger partial charge in [0.05, 0.1) is 5.41 Å². The molecular weight excluding hydrogens is 1740 g/mol. The molecule has 5 heteroatoms. The fraction of sp³-hybridized carbons (Fsp3) is 0.292. The van der Waals surface area contributed by atoms with Gasteiger partial charge >= 0.3 is 0 Å². The Morgan fingerprint density at radius 2 is 0.408 bits per heavy atom. The Balaban J connectivity index is 0.0000000975. The van der Waals surface area contributed by atoms with Crippen LogP contribution in [0.3, 0.4) is 0 Å². The molecule has 3 aromatic heterocycles. The van der Waals surface area contributed by atoms with Crippen molar-refractivity contribution in [3.63, 3.8) is 0 Å². The lowest BCUT2D eigenvalue weighted by Gasteiger charge is -2.71. The van der Waals surface area contributed by atoms with Crippen LogP contribution in [0.5, 0.6) is 0 Å². The monoisotopic (exact) mass is 1860 g/mol. The summed E-state index contributed by atoms with van der Waals surface area (Å²) in [6.45, 7) is 0. The van der Waals surface area contributed by atoms with E-state index in [0.717, 1.165) is 69.2 Å². The minimum Gasteiger partial charge on any atom is -0.420 e. The molecule has 16 saturated carbocycles. The second kappa shape index (κ2) is 33.9. The molecule has 17 aromatic rings. The fourth-order valence-electron chi connectivity index (χ4n) is 35.8. The zero-order valence-corrected chi connectivity index (χ0v) is 82.4. The summed E-state index contributed by atoms with van der Waals surface area (Å²) < 4.78 is 6.67. The highest BCUT2D eigenvalue weighted by Crippen LogP contribution is 2.80. The van der Waals surface area contributed by atoms with Gasteiger partial charge in [-0.3, -0.25) is 4.98 Å². The largest absolute Gasteiger partial charge is 0.420 e. The Hall–Kier alpha value is -13.4. The molecule has 4 nitrogen and oxygen atoms in total. The van der Waals surface area contributed by atoms with Crippen molar-refractivity contribution in [2.24, 2.45) is 5.41 Å². The highest BCUT2D eigenvalue weighted by atomic mass is 32.1. The van der Waals surface area contributed by atoms with Crippen LogP contribution in [-0.2, 0) is 81.2 Å². The first-order valence-electron chi connectivity index (χ1n) is 52.7. The predicted octanol–water partition coefficient (Wildman–Crippen LogP) is 32.3. The van der Waals surface area contributed by atoms with Gasteiger partial charge in [0.15, 0.2) is 0 Å². The zero-order valence-electron chi connectivity index (χ0n) is 81.6. The van der Waals surface area contributed by atoms with E-state index in [1.54, 1.807) is 21.6 Å². The number of hydrogen-bond acceptors (Lipinski definition) is 5. The molecule has 0 radical (unpaired) electrons. The Morgan fingerprint density at radius 1 is 0.197 bits per heavy atom. The summed E-state index contributed by atoms with van der Waals surface area (Å²) in [6, 6.07) is 169. The minimum absolute atomic E-state index is 0.0308. The van der Waals surface area contributed by atoms with Gasteiger partial charge in [-0.05, 0) is 328 Å². The minimum atomic E-state index is -0.198. The van der Waals surface area contributed by atoms with Crippen molar-refractivity contribution in [2.75, 3.05) is 0 Å². The summed E-state index contributed by atoms with van der Waals surface area (Å²) in [5, 5.41) is 9.45. The van der Waals surface area contributed by atoms with Crippen molar-refractivity contribution in [2.45, 2.75) is 235 Å². The quantitative estimate of drug-likeness (QED) is 0.0853. The Morgan fingerprint density at radius 3 is 0.648 bits per heavy atom. The third-order valence-electron chi connectivity index (χ3n) is 38.5. The molecule has 0 N–H and O–H groups in total. The lowest BCUT2D eigenvalue weighted by molar-refractivity contribution is -0.0802. The molecule has 16 bridgehead atoms. The van der Waals surface area contributed by atoms with Crippen LogP contribution in [0.4, 0.5) is 0 Å². The van der Waals surface area contributed by atoms with E-state index in [1.807, 2.05) is 24.4 Å². The summed E-state index contributed by atoms with van der Waals surface area (Å²) in [5.41, 5.74) is 23.2. The van der Waals surface area contributed by atoms with E-state index < -0.39 is 0 Å². The smallest absolute Gasteiger partial charge is 0.247 e. The summed E-state index contributed by atoms with van der Waals surface area (Å²) >= 11 is 2.06. The molecule has 0 unspecified atom stereocenters. The molecule has 0 saturated heterocycles. The Labute approximate surface area is 844 Å². The number of pyridine rings is 1. The number of benzene rings is 14. The Bertz CT molecular complexity index is 6470. The van der Waals surface area contributed by atoms with E-state index in [9.17, 15) is 0 Å². The van der Waals surface area contributed by atoms with Gasteiger partial charge < -0.3 is 4.42 Å². The molecule has 33 rings (SSSR count). The molecule has 700 valence electrons. The van der Waals surface area contributed by atoms with Crippen LogP contribution < -0.4 is 0 Å². The molecule has 0 atom stereocenters. The first kappa shape index (κ1) is 88.8. The maximum absolute atomic E-state index is 6.67. The van der Waals surface area contributed by atoms with Crippen LogP contribution in [0.1, 0.15) is 237 Å². The van der Waals surface area contributed by atoms with Gasteiger partial charge in [0.25, 0.3) is 0 Å². The van der Waals surface area contributed by atoms with E-state index in [2.05, 4.69) is 459 Å². The molecule has 0 amide bonds. The van der Waals surface area contributed by atoms with Crippen molar-refractivity contribution in [3.8, 4) is 34.2 Å². The summed E-state index contributed by atoms with van der Waals surface area (Å²) in [7, 11) is 0. The molecule has 3 heterocycles. The van der Waals surface area contributed by atoms with Crippen LogP contribution in [0, 0.1) is 17.8 Å². The molecule has 14 aromatic carbocycles. The van der Waals surface area contributed by atoms with Crippen molar-refractivity contribution >= 4 is 11.3 Å². The normalized spacial score (nSPS) is 32.7. The van der Waals surface area contributed by atoms with Gasteiger partial charge in [-0.25, -0.2) is 0 Å². The molecule has 16 aliphatic carbocycles. The second-order valence-corrected chi connectivity index (χ2v) is 48.4. The van der Waals surface area contributed by atoms with Crippen LogP contribution in [0.25, 0.3) is 21.9 Å². The Kier molecular flexibility index (Phi) is 21.2. The molecule has 0 aliphatic heterocycles. The second-order valence-electron chi connectivity index (χ2n) is 47.3. The maximum atomic E-state index is 6.67. The average Bonchev–Trinajstić information content (AvgIpc) is 1.56. The number of hydrogen-bond donors (Lipinski definition) is 0. The van der Waals surface area contributed by atoms with E-state index in [4.69, 9.17) is 20.9 Å². The average molecular weight is 1860 g/mol. The summed E-state index contributed by atoms with van der Waals surface area (Å²) in [5.74, 6) is 4.84. The van der Waals surface area contributed by atoms with Crippen LogP contribution in [0.15, 0.2) is 466 Å². The fourth-order valence-corrected chi connectivity index (χ4v) is 37.0. The summed E-state index contributed by atoms with van der Waals surface area (Å²) in [6.07, 6.45) is 36.8. The van der Waals surface area contributed by atoms with Gasteiger partial charge in [-0.1, -0.05) is 424 Å². The number of thiophene rings is 1. The zero-order chi connectivity index (χ0) is 94.9. The lowest BCUT2D eigenvalue weighted by atomic mass is 9.32. The lowest BCUT2D eigenvalue weighted by Crippen LogP contribution is -2.67. The van der Waals surface area contributed by atoms with E-state index >= 15 is 0 Å². The highest BCUT2D eigenvalue weighted by Gasteiger charge is 2.75. The molecule has 142 heavy (non-hydrogen) atoms. The number of rotatable bonds is 17. The number of terminal acetylenes is 1. The molecule has 16 fully saturated rings. The van der Waals surface area contributed by atoms with Crippen LogP contribution >= 0.6 is 11.3 Å². The van der Waals surface area contributed by atoms with E-state index in [0.29, 0.717) is 5.89 Å².